The largest absolute Gasteiger partial charge is 0.439 e. The van der Waals surface area contributed by atoms with Gasteiger partial charge in [-0.2, -0.15) is 10.1 Å². The van der Waals surface area contributed by atoms with Crippen molar-refractivity contribution < 1.29 is 9.26 Å². The predicted octanol–water partition coefficient (Wildman–Crippen LogP) is 4.26. The van der Waals surface area contributed by atoms with Gasteiger partial charge in [-0.25, -0.2) is 9.31 Å². The molecule has 45 heavy (non-hydrogen) atoms. The minimum absolute atomic E-state index is 0.00519. The summed E-state index contributed by atoms with van der Waals surface area (Å²) in [5.74, 6) is 1.08. The SMILES string of the molecule is CCCc1c(Cc2ccc(-c3ccccc3-c3noc(=O)[nH]3)cc2)c(=O)n([C@H]2CC[C@H](OCc3nnc[nH]3)CC2)c2ncnn12. The molecular weight excluding hydrogens is 574 g/mol. The van der Waals surface area contributed by atoms with Gasteiger partial charge < -0.3 is 9.72 Å². The Morgan fingerprint density at radius 3 is 2.53 bits per heavy atom. The van der Waals surface area contributed by atoms with Crippen LogP contribution in [0.25, 0.3) is 28.3 Å². The van der Waals surface area contributed by atoms with Crippen LogP contribution in [0.3, 0.4) is 0 Å². The molecule has 0 saturated heterocycles. The van der Waals surface area contributed by atoms with E-state index in [-0.39, 0.29) is 17.7 Å². The lowest BCUT2D eigenvalue weighted by molar-refractivity contribution is 0.00538. The lowest BCUT2D eigenvalue weighted by Crippen LogP contribution is -2.35. The topological polar surface area (TPSA) is 162 Å². The Morgan fingerprint density at radius 1 is 1.02 bits per heavy atom. The maximum absolute atomic E-state index is 14.3. The molecule has 13 heteroatoms. The Morgan fingerprint density at radius 2 is 1.82 bits per heavy atom. The average Bonchev–Trinajstić information content (AvgIpc) is 3.86. The second-order valence-corrected chi connectivity index (χ2v) is 11.4. The second kappa shape index (κ2) is 12.4. The predicted molar refractivity (Wildman–Crippen MR) is 165 cm³/mol. The lowest BCUT2D eigenvalue weighted by atomic mass is 9.92. The molecule has 2 aromatic carbocycles. The molecule has 1 aliphatic carbocycles. The number of ether oxygens (including phenoxy) is 1. The van der Waals surface area contributed by atoms with E-state index in [4.69, 9.17) is 9.26 Å². The summed E-state index contributed by atoms with van der Waals surface area (Å²) in [6.07, 6.45) is 8.53. The molecule has 1 aliphatic rings. The van der Waals surface area contributed by atoms with Crippen LogP contribution in [-0.4, -0.2) is 50.6 Å². The van der Waals surface area contributed by atoms with Crippen molar-refractivity contribution in [3.8, 4) is 22.5 Å². The van der Waals surface area contributed by atoms with E-state index < -0.39 is 5.76 Å². The van der Waals surface area contributed by atoms with Crippen molar-refractivity contribution in [3.05, 3.63) is 105 Å². The van der Waals surface area contributed by atoms with Crippen LogP contribution < -0.4 is 11.3 Å². The number of nitrogens with one attached hydrogen (secondary N) is 2. The minimum Gasteiger partial charge on any atom is -0.370 e. The molecule has 0 unspecified atom stereocenters. The highest BCUT2D eigenvalue weighted by atomic mass is 16.5. The maximum Gasteiger partial charge on any atom is 0.439 e. The summed E-state index contributed by atoms with van der Waals surface area (Å²) in [7, 11) is 0. The molecule has 230 valence electrons. The molecule has 13 nitrogen and oxygen atoms in total. The van der Waals surface area contributed by atoms with Crippen molar-refractivity contribution in [1.29, 1.82) is 0 Å². The third-order valence-electron chi connectivity index (χ3n) is 8.51. The van der Waals surface area contributed by atoms with Gasteiger partial charge in [0.1, 0.15) is 19.3 Å². The first-order valence-corrected chi connectivity index (χ1v) is 15.3. The van der Waals surface area contributed by atoms with Gasteiger partial charge in [-0.15, -0.1) is 10.2 Å². The first kappa shape index (κ1) is 28.6. The first-order valence-electron chi connectivity index (χ1n) is 15.3. The first-order chi connectivity index (χ1) is 22.1. The quantitative estimate of drug-likeness (QED) is 0.232. The summed E-state index contributed by atoms with van der Waals surface area (Å²) in [4.78, 5) is 36.0. The molecule has 2 N–H and O–H groups in total. The third kappa shape index (κ3) is 5.74. The Balaban J connectivity index is 1.17. The number of fused-ring (bicyclic) bond motifs is 1. The van der Waals surface area contributed by atoms with E-state index in [9.17, 15) is 9.59 Å². The van der Waals surface area contributed by atoms with Gasteiger partial charge in [0.2, 0.25) is 5.78 Å². The smallest absolute Gasteiger partial charge is 0.370 e. The third-order valence-corrected chi connectivity index (χ3v) is 8.51. The summed E-state index contributed by atoms with van der Waals surface area (Å²) in [5.41, 5.74) is 5.28. The van der Waals surface area contributed by atoms with Crippen molar-refractivity contribution in [2.75, 3.05) is 0 Å². The van der Waals surface area contributed by atoms with Gasteiger partial charge in [-0.3, -0.25) is 18.9 Å². The molecule has 0 aliphatic heterocycles. The summed E-state index contributed by atoms with van der Waals surface area (Å²) in [6.45, 7) is 2.50. The number of aromatic nitrogens is 9. The van der Waals surface area contributed by atoms with Crippen LogP contribution in [0.5, 0.6) is 0 Å². The number of hydrogen-bond donors (Lipinski definition) is 2. The fraction of sp³-hybridized carbons (Fsp3) is 0.344. The molecule has 0 radical (unpaired) electrons. The molecular formula is C32H33N9O4. The summed E-state index contributed by atoms with van der Waals surface area (Å²) >= 11 is 0. The van der Waals surface area contributed by atoms with Crippen molar-refractivity contribution in [3.63, 3.8) is 0 Å². The fourth-order valence-electron chi connectivity index (χ4n) is 6.34. The van der Waals surface area contributed by atoms with Crippen LogP contribution in [0, 0.1) is 0 Å². The van der Waals surface area contributed by atoms with Crippen LogP contribution in [-0.2, 0) is 24.2 Å². The Hall–Kier alpha value is -5.17. The number of aryl methyl sites for hydroxylation is 1. The summed E-state index contributed by atoms with van der Waals surface area (Å²) in [6, 6.07) is 15.8. The normalized spacial score (nSPS) is 16.8. The molecule has 0 spiro atoms. The van der Waals surface area contributed by atoms with E-state index in [0.717, 1.165) is 72.0 Å². The van der Waals surface area contributed by atoms with E-state index in [1.807, 2.05) is 57.6 Å². The molecule has 1 saturated carbocycles. The number of nitrogens with zero attached hydrogens (tertiary/aromatic N) is 7. The van der Waals surface area contributed by atoms with Gasteiger partial charge in [-0.1, -0.05) is 67.0 Å². The zero-order chi connectivity index (χ0) is 30.8. The van der Waals surface area contributed by atoms with Gasteiger partial charge in [-0.05, 0) is 48.8 Å². The van der Waals surface area contributed by atoms with Gasteiger partial charge in [0.15, 0.2) is 11.6 Å². The number of aromatic amines is 2. The summed E-state index contributed by atoms with van der Waals surface area (Å²) < 4.78 is 14.5. The zero-order valence-corrected chi connectivity index (χ0v) is 24.8. The highest BCUT2D eigenvalue weighted by Crippen LogP contribution is 2.32. The standard InChI is InChI=1S/C32H33N9O4/c1-2-5-27-26(16-20-8-10-21(11-9-20)24-6-3-4-7-25(24)29-37-32(43)45-39-29)30(42)40(31-34-19-36-41(27)31)22-12-14-23(15-13-22)44-17-28-33-18-35-38-28/h3-4,6-11,18-19,22-23H,2,5,12-17H2,1H3,(H,33,35,38)(H,37,39,43)/t22-,23-. The molecule has 0 amide bonds. The molecule has 6 aromatic rings. The number of rotatable bonds is 10. The van der Waals surface area contributed by atoms with Crippen molar-refractivity contribution >= 4 is 5.78 Å². The van der Waals surface area contributed by atoms with Crippen LogP contribution in [0.1, 0.15) is 67.7 Å². The van der Waals surface area contributed by atoms with Gasteiger partial charge >= 0.3 is 5.76 Å². The lowest BCUT2D eigenvalue weighted by Gasteiger charge is -2.30. The molecule has 4 heterocycles. The Kier molecular flexibility index (Phi) is 7.91. The zero-order valence-electron chi connectivity index (χ0n) is 24.8. The highest BCUT2D eigenvalue weighted by molar-refractivity contribution is 5.80. The van der Waals surface area contributed by atoms with E-state index in [1.165, 1.54) is 6.33 Å². The minimum atomic E-state index is -0.600. The molecule has 0 bridgehead atoms. The Bertz CT molecular complexity index is 2010. The van der Waals surface area contributed by atoms with E-state index in [0.29, 0.717) is 30.5 Å². The Labute approximate surface area is 257 Å². The van der Waals surface area contributed by atoms with Crippen LogP contribution in [0.2, 0.25) is 0 Å². The summed E-state index contributed by atoms with van der Waals surface area (Å²) in [5, 5.41) is 16.2. The van der Waals surface area contributed by atoms with Gasteiger partial charge in [0, 0.05) is 23.6 Å². The number of H-pyrrole nitrogens is 2. The van der Waals surface area contributed by atoms with Crippen molar-refractivity contribution in [1.82, 2.24) is 44.5 Å². The van der Waals surface area contributed by atoms with Crippen molar-refractivity contribution in [2.24, 2.45) is 0 Å². The number of benzene rings is 2. The average molecular weight is 608 g/mol. The second-order valence-electron chi connectivity index (χ2n) is 11.4. The van der Waals surface area contributed by atoms with Crippen LogP contribution in [0.4, 0.5) is 0 Å². The fourth-order valence-corrected chi connectivity index (χ4v) is 6.34. The maximum atomic E-state index is 14.3. The van der Waals surface area contributed by atoms with E-state index in [2.05, 4.69) is 42.3 Å². The number of hydrogen-bond acceptors (Lipinski definition) is 9. The van der Waals surface area contributed by atoms with E-state index in [1.54, 1.807) is 6.33 Å². The van der Waals surface area contributed by atoms with E-state index >= 15 is 0 Å². The van der Waals surface area contributed by atoms with Gasteiger partial charge in [0.05, 0.1) is 11.8 Å². The van der Waals surface area contributed by atoms with Crippen molar-refractivity contribution in [2.45, 2.75) is 70.6 Å². The molecule has 4 aromatic heterocycles. The molecule has 1 fully saturated rings. The van der Waals surface area contributed by atoms with Crippen LogP contribution in [0.15, 0.2) is 75.3 Å². The monoisotopic (exact) mass is 607 g/mol. The molecule has 7 rings (SSSR count). The highest BCUT2D eigenvalue weighted by Gasteiger charge is 2.28. The molecule has 0 atom stereocenters. The van der Waals surface area contributed by atoms with Crippen LogP contribution >= 0.6 is 0 Å². The van der Waals surface area contributed by atoms with Gasteiger partial charge in [0.25, 0.3) is 5.56 Å².